The molecule has 8 nitrogen and oxygen atoms in total. The molecule has 1 saturated heterocycles. The van der Waals surface area contributed by atoms with Crippen molar-refractivity contribution in [3.63, 3.8) is 0 Å². The largest absolute Gasteiger partial charge is 0.480 e. The van der Waals surface area contributed by atoms with Crippen molar-refractivity contribution in [2.75, 3.05) is 26.2 Å². The predicted octanol–water partition coefficient (Wildman–Crippen LogP) is -0.126. The number of carbonyl (C=O) groups excluding carboxylic acids is 1. The summed E-state index contributed by atoms with van der Waals surface area (Å²) < 4.78 is 27.7. The molecule has 1 atom stereocenters. The maximum atomic E-state index is 12.7. The number of rotatable bonds is 7. The summed E-state index contributed by atoms with van der Waals surface area (Å²) in [5.74, 6) is -1.03. The van der Waals surface area contributed by atoms with Gasteiger partial charge in [0.1, 0.15) is 6.04 Å². The van der Waals surface area contributed by atoms with Crippen LogP contribution in [0.2, 0.25) is 0 Å². The molecule has 0 aromatic rings. The van der Waals surface area contributed by atoms with Crippen LogP contribution in [-0.2, 0) is 19.8 Å². The van der Waals surface area contributed by atoms with Gasteiger partial charge in [0.05, 0.1) is 0 Å². The average Bonchev–Trinajstić information content (AvgIpc) is 2.42. The van der Waals surface area contributed by atoms with Gasteiger partial charge in [-0.25, -0.2) is 0 Å². The number of aliphatic carboxylic acids is 1. The molecule has 22 heavy (non-hydrogen) atoms. The number of hydrogen-bond acceptors (Lipinski definition) is 4. The zero-order chi connectivity index (χ0) is 16.9. The second-order valence-corrected chi connectivity index (χ2v) is 7.58. The molecule has 2 N–H and O–H groups in total. The fourth-order valence-electron chi connectivity index (χ4n) is 2.34. The highest BCUT2D eigenvalue weighted by Gasteiger charge is 2.37. The second-order valence-electron chi connectivity index (χ2n) is 5.70. The summed E-state index contributed by atoms with van der Waals surface area (Å²) in [6, 6.07) is -1.18. The van der Waals surface area contributed by atoms with Gasteiger partial charge in [-0.05, 0) is 25.7 Å². The number of carbonyl (C=O) groups is 2. The Morgan fingerprint density at radius 1 is 1.36 bits per heavy atom. The number of nitrogens with one attached hydrogen (secondary N) is 1. The maximum absolute atomic E-state index is 12.7. The Kier molecular flexibility index (Phi) is 6.76. The summed E-state index contributed by atoms with van der Waals surface area (Å²) >= 11 is 0. The zero-order valence-corrected chi connectivity index (χ0v) is 14.1. The lowest BCUT2D eigenvalue weighted by molar-refractivity contribution is -0.140. The number of carboxylic acid groups (broad SMARTS) is 1. The van der Waals surface area contributed by atoms with Gasteiger partial charge in [0.2, 0.25) is 5.91 Å². The minimum atomic E-state index is -3.86. The van der Waals surface area contributed by atoms with Gasteiger partial charge in [0.15, 0.2) is 0 Å². The summed E-state index contributed by atoms with van der Waals surface area (Å²) in [4.78, 5) is 22.1. The molecule has 1 aliphatic rings. The predicted molar refractivity (Wildman–Crippen MR) is 81.4 cm³/mol. The summed E-state index contributed by atoms with van der Waals surface area (Å²) in [5.41, 5.74) is 0. The van der Waals surface area contributed by atoms with Crippen LogP contribution in [0.1, 0.15) is 33.6 Å². The highest BCUT2D eigenvalue weighted by molar-refractivity contribution is 7.86. The van der Waals surface area contributed by atoms with Crippen LogP contribution < -0.4 is 5.32 Å². The average molecular weight is 335 g/mol. The number of amides is 1. The van der Waals surface area contributed by atoms with Crippen LogP contribution in [0.4, 0.5) is 0 Å². The topological polar surface area (TPSA) is 107 Å². The van der Waals surface area contributed by atoms with Crippen molar-refractivity contribution in [2.24, 2.45) is 5.92 Å². The van der Waals surface area contributed by atoms with E-state index in [9.17, 15) is 18.0 Å². The van der Waals surface area contributed by atoms with Crippen LogP contribution in [0.25, 0.3) is 0 Å². The summed E-state index contributed by atoms with van der Waals surface area (Å²) in [7, 11) is -3.86. The van der Waals surface area contributed by atoms with Crippen molar-refractivity contribution in [1.82, 2.24) is 13.9 Å². The highest BCUT2D eigenvalue weighted by atomic mass is 32.2. The molecule has 9 heteroatoms. The molecule has 1 fully saturated rings. The van der Waals surface area contributed by atoms with Crippen molar-refractivity contribution >= 4 is 22.1 Å². The Labute approximate surface area is 131 Å². The van der Waals surface area contributed by atoms with Gasteiger partial charge in [0, 0.05) is 33.1 Å². The number of nitrogens with zero attached hydrogens (tertiary/aromatic N) is 2. The molecule has 128 valence electrons. The Balaban J connectivity index is 2.87. The molecule has 0 radical (unpaired) electrons. The molecule has 1 rings (SSSR count). The first-order chi connectivity index (χ1) is 10.2. The number of carboxylic acids is 1. The second kappa shape index (κ2) is 7.89. The van der Waals surface area contributed by atoms with Crippen LogP contribution in [-0.4, -0.2) is 66.2 Å². The quantitative estimate of drug-likeness (QED) is 0.674. The van der Waals surface area contributed by atoms with E-state index in [-0.39, 0.29) is 19.0 Å². The normalized spacial score (nSPS) is 19.1. The minimum absolute atomic E-state index is 0.0680. The van der Waals surface area contributed by atoms with E-state index in [1.54, 1.807) is 0 Å². The standard InChI is InChI=1S/C13H25N3O5S/c1-10-4-7-15(8-5-10)22(20,21)16(11(2)13(18)19)9-6-14-12(3)17/h10-11H,4-9H2,1-3H3,(H,14,17)(H,18,19). The van der Waals surface area contributed by atoms with E-state index >= 15 is 0 Å². The van der Waals surface area contributed by atoms with Crippen LogP contribution in [0.5, 0.6) is 0 Å². The lowest BCUT2D eigenvalue weighted by Gasteiger charge is -2.35. The fraction of sp³-hybridized carbons (Fsp3) is 0.846. The Hall–Kier alpha value is -1.19. The van der Waals surface area contributed by atoms with Gasteiger partial charge in [0.25, 0.3) is 10.2 Å². The van der Waals surface area contributed by atoms with E-state index < -0.39 is 22.2 Å². The van der Waals surface area contributed by atoms with E-state index in [0.29, 0.717) is 19.0 Å². The SMILES string of the molecule is CC(=O)NCCN(C(C)C(=O)O)S(=O)(=O)N1CCC(C)CC1. The Morgan fingerprint density at radius 3 is 2.36 bits per heavy atom. The van der Waals surface area contributed by atoms with Crippen LogP contribution in [0, 0.1) is 5.92 Å². The fourth-order valence-corrected chi connectivity index (χ4v) is 4.12. The number of hydrogen-bond donors (Lipinski definition) is 2. The van der Waals surface area contributed by atoms with E-state index in [1.165, 1.54) is 18.2 Å². The van der Waals surface area contributed by atoms with E-state index in [2.05, 4.69) is 12.2 Å². The molecule has 0 aromatic heterocycles. The number of piperidine rings is 1. The minimum Gasteiger partial charge on any atom is -0.480 e. The van der Waals surface area contributed by atoms with Crippen LogP contribution in [0.15, 0.2) is 0 Å². The summed E-state index contributed by atoms with van der Waals surface area (Å²) in [6.07, 6.45) is 1.53. The van der Waals surface area contributed by atoms with Crippen molar-refractivity contribution < 1.29 is 23.1 Å². The third-order valence-corrected chi connectivity index (χ3v) is 5.97. The Bertz CT molecular complexity index is 500. The van der Waals surface area contributed by atoms with Crippen LogP contribution >= 0.6 is 0 Å². The van der Waals surface area contributed by atoms with E-state index in [1.807, 2.05) is 0 Å². The van der Waals surface area contributed by atoms with E-state index in [4.69, 9.17) is 5.11 Å². The Morgan fingerprint density at radius 2 is 1.91 bits per heavy atom. The molecular weight excluding hydrogens is 310 g/mol. The molecule has 0 spiro atoms. The first-order valence-corrected chi connectivity index (χ1v) is 8.80. The van der Waals surface area contributed by atoms with Crippen molar-refractivity contribution in [1.29, 1.82) is 0 Å². The molecule has 0 aliphatic carbocycles. The maximum Gasteiger partial charge on any atom is 0.321 e. The molecule has 0 saturated carbocycles. The van der Waals surface area contributed by atoms with Crippen LogP contribution in [0.3, 0.4) is 0 Å². The highest BCUT2D eigenvalue weighted by Crippen LogP contribution is 2.21. The molecule has 0 bridgehead atoms. The van der Waals surface area contributed by atoms with Gasteiger partial charge in [-0.3, -0.25) is 9.59 Å². The van der Waals surface area contributed by atoms with Crippen molar-refractivity contribution in [2.45, 2.75) is 39.7 Å². The van der Waals surface area contributed by atoms with Gasteiger partial charge in [-0.15, -0.1) is 0 Å². The summed E-state index contributed by atoms with van der Waals surface area (Å²) in [5, 5.41) is 11.6. The molecule has 1 heterocycles. The lowest BCUT2D eigenvalue weighted by Crippen LogP contribution is -2.53. The molecule has 1 unspecified atom stereocenters. The molecule has 0 aromatic carbocycles. The van der Waals surface area contributed by atoms with Gasteiger partial charge < -0.3 is 10.4 Å². The monoisotopic (exact) mass is 335 g/mol. The van der Waals surface area contributed by atoms with E-state index in [0.717, 1.165) is 17.1 Å². The first kappa shape index (κ1) is 18.9. The molecule has 1 amide bonds. The van der Waals surface area contributed by atoms with Crippen molar-refractivity contribution in [3.05, 3.63) is 0 Å². The van der Waals surface area contributed by atoms with Gasteiger partial charge in [-0.2, -0.15) is 17.0 Å². The van der Waals surface area contributed by atoms with Gasteiger partial charge in [-0.1, -0.05) is 6.92 Å². The van der Waals surface area contributed by atoms with Gasteiger partial charge >= 0.3 is 5.97 Å². The van der Waals surface area contributed by atoms with Crippen molar-refractivity contribution in [3.8, 4) is 0 Å². The first-order valence-electron chi connectivity index (χ1n) is 7.40. The lowest BCUT2D eigenvalue weighted by atomic mass is 10.0. The third-order valence-electron chi connectivity index (χ3n) is 3.86. The smallest absolute Gasteiger partial charge is 0.321 e. The molecule has 1 aliphatic heterocycles. The molecular formula is C13H25N3O5S. The summed E-state index contributed by atoms with van der Waals surface area (Å²) in [6.45, 7) is 5.53. The zero-order valence-electron chi connectivity index (χ0n) is 13.3. The third kappa shape index (κ3) is 4.92.